The van der Waals surface area contributed by atoms with E-state index in [4.69, 9.17) is 10.3 Å². The van der Waals surface area contributed by atoms with Crippen LogP contribution < -0.4 is 5.73 Å². The predicted molar refractivity (Wildman–Crippen MR) is 143 cm³/mol. The van der Waals surface area contributed by atoms with Crippen LogP contribution in [0.5, 0.6) is 0 Å². The van der Waals surface area contributed by atoms with Crippen LogP contribution in [0, 0.1) is 19.8 Å². The molecule has 1 atom stereocenters. The molecule has 2 aliphatic carbocycles. The average molecular weight is 538 g/mol. The quantitative estimate of drug-likeness (QED) is 0.463. The highest BCUT2D eigenvalue weighted by Crippen LogP contribution is 2.40. The molecular formula is C28H31N3O6S. The molecule has 10 heteroatoms. The summed E-state index contributed by atoms with van der Waals surface area (Å²) in [5, 5.41) is 4.60. The number of hydrogen-bond donors (Lipinski definition) is 1. The summed E-state index contributed by atoms with van der Waals surface area (Å²) in [4.78, 5) is 38.0. The molecule has 0 bridgehead atoms. The van der Waals surface area contributed by atoms with Gasteiger partial charge in [0, 0.05) is 30.2 Å². The van der Waals surface area contributed by atoms with Gasteiger partial charge in [-0.15, -0.1) is 0 Å². The zero-order valence-corrected chi connectivity index (χ0v) is 22.6. The Labute approximate surface area is 221 Å². The monoisotopic (exact) mass is 537 g/mol. The Morgan fingerprint density at radius 2 is 1.92 bits per heavy atom. The van der Waals surface area contributed by atoms with Crippen molar-refractivity contribution in [3.05, 3.63) is 46.0 Å². The number of carbonyl (C=O) groups is 3. The standard InChI is InChI=1S/C28H31N3O6S/c1-15-26(16(2)37-30-15)19-12-22-21-9-8-18(25(33)11-17-6-4-5-7-20(32)10-17)14-24(21)31(38(3,35)36)27(22)23(13-19)28(29)34/h12-14,17H,4-11H2,1-3H3,(H2,29,34). The highest BCUT2D eigenvalue weighted by Gasteiger charge is 2.31. The zero-order valence-electron chi connectivity index (χ0n) is 21.8. The first kappa shape index (κ1) is 26.1. The van der Waals surface area contributed by atoms with E-state index in [0.29, 0.717) is 59.4 Å². The van der Waals surface area contributed by atoms with E-state index in [0.717, 1.165) is 40.6 Å². The van der Waals surface area contributed by atoms with Crippen LogP contribution in [0.15, 0.2) is 22.2 Å². The van der Waals surface area contributed by atoms with Crippen molar-refractivity contribution in [2.45, 2.75) is 65.2 Å². The second-order valence-electron chi connectivity index (χ2n) is 10.5. The van der Waals surface area contributed by atoms with Gasteiger partial charge in [0.15, 0.2) is 5.78 Å². The number of nitrogens with zero attached hydrogens (tertiary/aromatic N) is 2. The average Bonchev–Trinajstić information content (AvgIpc) is 3.27. The van der Waals surface area contributed by atoms with E-state index in [2.05, 4.69) is 5.16 Å². The van der Waals surface area contributed by atoms with Crippen molar-refractivity contribution in [1.29, 1.82) is 0 Å². The third-order valence-corrected chi connectivity index (χ3v) is 8.75. The van der Waals surface area contributed by atoms with Gasteiger partial charge < -0.3 is 10.3 Å². The minimum atomic E-state index is -3.88. The van der Waals surface area contributed by atoms with Crippen molar-refractivity contribution in [3.8, 4) is 11.1 Å². The number of ketones is 2. The van der Waals surface area contributed by atoms with Crippen LogP contribution in [-0.2, 0) is 26.0 Å². The summed E-state index contributed by atoms with van der Waals surface area (Å²) in [5.41, 5.74) is 9.69. The number of aromatic nitrogens is 2. The van der Waals surface area contributed by atoms with Crippen molar-refractivity contribution in [3.63, 3.8) is 0 Å². The molecule has 1 aromatic carbocycles. The first-order valence-corrected chi connectivity index (χ1v) is 14.7. The number of Topliss-reactive ketones (excluding diaryl/α,β-unsaturated/α-hetero) is 2. The van der Waals surface area contributed by atoms with Gasteiger partial charge in [0.25, 0.3) is 5.91 Å². The Kier molecular flexibility index (Phi) is 6.63. The second kappa shape index (κ2) is 9.65. The van der Waals surface area contributed by atoms with Gasteiger partial charge >= 0.3 is 0 Å². The van der Waals surface area contributed by atoms with Gasteiger partial charge in [0.2, 0.25) is 10.0 Å². The molecule has 2 heterocycles. The highest BCUT2D eigenvalue weighted by atomic mass is 32.2. The van der Waals surface area contributed by atoms with Crippen LogP contribution in [-0.4, -0.2) is 41.3 Å². The Bertz CT molecular complexity index is 1620. The van der Waals surface area contributed by atoms with Crippen molar-refractivity contribution in [2.24, 2.45) is 11.7 Å². The summed E-state index contributed by atoms with van der Waals surface area (Å²) < 4.78 is 32.6. The minimum absolute atomic E-state index is 0.0135. The second-order valence-corrected chi connectivity index (χ2v) is 12.4. The number of aryl methyl sites for hydroxylation is 3. The van der Waals surface area contributed by atoms with Gasteiger partial charge in [-0.2, -0.15) is 0 Å². The maximum atomic E-state index is 13.3. The van der Waals surface area contributed by atoms with Crippen LogP contribution in [0.1, 0.15) is 78.0 Å². The number of carbonyl (C=O) groups excluding carboxylic acids is 3. The first-order chi connectivity index (χ1) is 18.0. The molecule has 1 saturated carbocycles. The fraction of sp³-hybridized carbons (Fsp3) is 0.429. The van der Waals surface area contributed by atoms with Gasteiger partial charge in [-0.1, -0.05) is 11.6 Å². The van der Waals surface area contributed by atoms with Crippen LogP contribution in [0.2, 0.25) is 0 Å². The molecule has 1 amide bonds. The molecule has 0 saturated heterocycles. The normalized spacial score (nSPS) is 18.2. The molecule has 2 aromatic heterocycles. The maximum Gasteiger partial charge on any atom is 0.250 e. The first-order valence-electron chi connectivity index (χ1n) is 12.9. The zero-order chi connectivity index (χ0) is 27.4. The van der Waals surface area contributed by atoms with Gasteiger partial charge in [-0.25, -0.2) is 12.4 Å². The Morgan fingerprint density at radius 3 is 2.58 bits per heavy atom. The smallest absolute Gasteiger partial charge is 0.250 e. The fourth-order valence-corrected chi connectivity index (χ4v) is 7.06. The summed E-state index contributed by atoms with van der Waals surface area (Å²) in [7, 11) is -3.88. The van der Waals surface area contributed by atoms with E-state index >= 15 is 0 Å². The summed E-state index contributed by atoms with van der Waals surface area (Å²) in [6, 6.07) is 3.41. The van der Waals surface area contributed by atoms with Gasteiger partial charge in [-0.3, -0.25) is 14.4 Å². The molecule has 2 aliphatic rings. The van der Waals surface area contributed by atoms with Crippen molar-refractivity contribution in [2.75, 3.05) is 6.26 Å². The van der Waals surface area contributed by atoms with E-state index < -0.39 is 15.9 Å². The molecule has 3 aromatic rings. The number of primary amides is 1. The van der Waals surface area contributed by atoms with Gasteiger partial charge in [0.05, 0.1) is 28.7 Å². The van der Waals surface area contributed by atoms with Crippen molar-refractivity contribution >= 4 is 44.5 Å². The molecular weight excluding hydrogens is 506 g/mol. The Morgan fingerprint density at radius 1 is 1.16 bits per heavy atom. The van der Waals surface area contributed by atoms with Crippen molar-refractivity contribution < 1.29 is 27.3 Å². The molecule has 0 aliphatic heterocycles. The lowest BCUT2D eigenvalue weighted by Crippen LogP contribution is -2.19. The Balaban J connectivity index is 1.67. The van der Waals surface area contributed by atoms with Gasteiger partial charge in [-0.05, 0) is 80.4 Å². The Hall–Kier alpha value is -3.53. The molecule has 0 radical (unpaired) electrons. The minimum Gasteiger partial charge on any atom is -0.366 e. The SMILES string of the molecule is Cc1noc(C)c1-c1cc(C(N)=O)c2c(c1)c1c(n2S(C)(=O)=O)C=C(C(=O)CC2CCCCC(=O)C2)CC1. The number of rotatable bonds is 6. The lowest BCUT2D eigenvalue weighted by molar-refractivity contribution is -0.120. The molecule has 2 N–H and O–H groups in total. The highest BCUT2D eigenvalue weighted by molar-refractivity contribution is 7.89. The maximum absolute atomic E-state index is 13.3. The number of allylic oxidation sites excluding steroid dienone is 1. The molecule has 1 fully saturated rings. The van der Waals surface area contributed by atoms with Gasteiger partial charge in [0.1, 0.15) is 11.5 Å². The number of benzene rings is 1. The molecule has 0 spiro atoms. The van der Waals surface area contributed by atoms with Crippen molar-refractivity contribution in [1.82, 2.24) is 9.13 Å². The molecule has 200 valence electrons. The summed E-state index contributed by atoms with van der Waals surface area (Å²) >= 11 is 0. The largest absolute Gasteiger partial charge is 0.366 e. The van der Waals surface area contributed by atoms with Crippen LogP contribution in [0.25, 0.3) is 28.1 Å². The van der Waals surface area contributed by atoms with E-state index in [1.54, 1.807) is 26.0 Å². The molecule has 9 nitrogen and oxygen atoms in total. The van der Waals surface area contributed by atoms with Crippen LogP contribution >= 0.6 is 0 Å². The molecule has 5 rings (SSSR count). The number of hydrogen-bond acceptors (Lipinski definition) is 7. The number of amides is 1. The lowest BCUT2D eigenvalue weighted by Gasteiger charge is -2.18. The summed E-state index contributed by atoms with van der Waals surface area (Å²) in [5.74, 6) is -0.0440. The summed E-state index contributed by atoms with van der Waals surface area (Å²) in [6.07, 6.45) is 7.47. The third kappa shape index (κ3) is 4.62. The third-order valence-electron chi connectivity index (χ3n) is 7.71. The van der Waals surface area contributed by atoms with Crippen LogP contribution in [0.3, 0.4) is 0 Å². The molecule has 1 unspecified atom stereocenters. The fourth-order valence-electron chi connectivity index (χ4n) is 6.01. The van der Waals surface area contributed by atoms with E-state index in [9.17, 15) is 22.8 Å². The predicted octanol–water partition coefficient (Wildman–Crippen LogP) is 4.26. The molecule has 38 heavy (non-hydrogen) atoms. The number of fused-ring (bicyclic) bond motifs is 3. The van der Waals surface area contributed by atoms with E-state index in [1.165, 1.54) is 0 Å². The topological polar surface area (TPSA) is 142 Å². The van der Waals surface area contributed by atoms with E-state index in [-0.39, 0.29) is 35.0 Å². The number of nitrogens with two attached hydrogens (primary N) is 1. The van der Waals surface area contributed by atoms with E-state index in [1.807, 2.05) is 6.07 Å². The lowest BCUT2D eigenvalue weighted by atomic mass is 9.86. The van der Waals surface area contributed by atoms with Crippen LogP contribution in [0.4, 0.5) is 0 Å². The summed E-state index contributed by atoms with van der Waals surface area (Å²) in [6.45, 7) is 3.56.